The molecule has 8 heteroatoms. The number of carbonyl (C=O) groups is 2. The van der Waals surface area contributed by atoms with E-state index in [9.17, 15) is 9.59 Å². The van der Waals surface area contributed by atoms with E-state index in [1.807, 2.05) is 6.92 Å². The molecule has 1 aliphatic carbocycles. The molecule has 0 atom stereocenters. The van der Waals surface area contributed by atoms with Crippen LogP contribution in [0.5, 0.6) is 0 Å². The van der Waals surface area contributed by atoms with Gasteiger partial charge >= 0.3 is 5.97 Å². The monoisotopic (exact) mass is 417 g/mol. The molecule has 1 aliphatic rings. The van der Waals surface area contributed by atoms with Gasteiger partial charge in [0, 0.05) is 11.6 Å². The number of esters is 1. The van der Waals surface area contributed by atoms with Crippen LogP contribution >= 0.6 is 11.8 Å². The lowest BCUT2D eigenvalue weighted by molar-refractivity contribution is -0.113. The van der Waals surface area contributed by atoms with Crippen LogP contribution in [0, 0.1) is 0 Å². The number of amides is 1. The average Bonchev–Trinajstić information content (AvgIpc) is 3.23. The fourth-order valence-corrected chi connectivity index (χ4v) is 3.77. The molecule has 1 heterocycles. The fraction of sp³-hybridized carbons (Fsp3) is 0.524. The molecule has 1 amide bonds. The first kappa shape index (κ1) is 21.4. The molecule has 3 rings (SSSR count). The highest BCUT2D eigenvalue weighted by atomic mass is 32.2. The number of nitrogens with zero attached hydrogens (tertiary/aromatic N) is 2. The zero-order chi connectivity index (χ0) is 20.5. The zero-order valence-corrected chi connectivity index (χ0v) is 17.5. The van der Waals surface area contributed by atoms with Crippen LogP contribution in [-0.2, 0) is 9.53 Å². The molecule has 0 radical (unpaired) electrons. The van der Waals surface area contributed by atoms with Gasteiger partial charge in [-0.3, -0.25) is 4.79 Å². The molecule has 1 saturated carbocycles. The second kappa shape index (κ2) is 11.0. The normalized spacial score (nSPS) is 14.5. The lowest BCUT2D eigenvalue weighted by Crippen LogP contribution is -2.14. The maximum absolute atomic E-state index is 12.2. The summed E-state index contributed by atoms with van der Waals surface area (Å²) in [4.78, 5) is 24.1. The van der Waals surface area contributed by atoms with Crippen molar-refractivity contribution in [1.29, 1.82) is 0 Å². The van der Waals surface area contributed by atoms with E-state index in [-0.39, 0.29) is 17.6 Å². The van der Waals surface area contributed by atoms with Crippen molar-refractivity contribution >= 4 is 29.3 Å². The zero-order valence-electron chi connectivity index (χ0n) is 16.7. The Hall–Kier alpha value is -2.35. The third kappa shape index (κ3) is 6.59. The Bertz CT molecular complexity index is 801. The number of ether oxygens (including phenoxy) is 1. The molecule has 29 heavy (non-hydrogen) atoms. The molecule has 2 aromatic rings. The van der Waals surface area contributed by atoms with Crippen molar-refractivity contribution in [1.82, 2.24) is 10.2 Å². The minimum Gasteiger partial charge on any atom is -0.462 e. The number of hydrogen-bond acceptors (Lipinski definition) is 7. The molecule has 7 nitrogen and oxygen atoms in total. The van der Waals surface area contributed by atoms with E-state index in [0.29, 0.717) is 34.9 Å². The van der Waals surface area contributed by atoms with Gasteiger partial charge in [-0.25, -0.2) is 4.79 Å². The van der Waals surface area contributed by atoms with E-state index in [0.717, 1.165) is 25.7 Å². The topological polar surface area (TPSA) is 94.3 Å². The van der Waals surface area contributed by atoms with Gasteiger partial charge in [0.15, 0.2) is 0 Å². The second-order valence-corrected chi connectivity index (χ2v) is 8.07. The second-order valence-electron chi connectivity index (χ2n) is 7.14. The largest absolute Gasteiger partial charge is 0.462 e. The Kier molecular flexibility index (Phi) is 8.10. The van der Waals surface area contributed by atoms with Crippen LogP contribution in [0.25, 0.3) is 0 Å². The number of nitrogens with one attached hydrogen (secondary N) is 1. The van der Waals surface area contributed by atoms with Crippen molar-refractivity contribution in [2.75, 3.05) is 17.7 Å². The number of thioether (sulfide) groups is 1. The van der Waals surface area contributed by atoms with Gasteiger partial charge in [-0.2, -0.15) is 0 Å². The number of anilines is 1. The molecule has 1 fully saturated rings. The summed E-state index contributed by atoms with van der Waals surface area (Å²) < 4.78 is 10.9. The van der Waals surface area contributed by atoms with E-state index in [1.165, 1.54) is 31.0 Å². The minimum atomic E-state index is -0.350. The molecule has 1 aromatic heterocycles. The Labute approximate surface area is 175 Å². The lowest BCUT2D eigenvalue weighted by atomic mass is 9.89. The van der Waals surface area contributed by atoms with Crippen molar-refractivity contribution < 1.29 is 18.7 Å². The van der Waals surface area contributed by atoms with Gasteiger partial charge in [-0.05, 0) is 43.5 Å². The number of unbranched alkanes of at least 4 members (excludes halogenated alkanes) is 1. The molecular weight excluding hydrogens is 390 g/mol. The summed E-state index contributed by atoms with van der Waals surface area (Å²) in [5, 5.41) is 11.4. The fourth-order valence-electron chi connectivity index (χ4n) is 3.20. The van der Waals surface area contributed by atoms with Crippen LogP contribution in [0.4, 0.5) is 5.69 Å². The highest BCUT2D eigenvalue weighted by Crippen LogP contribution is 2.32. The molecule has 1 aromatic carbocycles. The quantitative estimate of drug-likeness (QED) is 0.355. The summed E-state index contributed by atoms with van der Waals surface area (Å²) in [5.41, 5.74) is 1.09. The Morgan fingerprint density at radius 3 is 2.66 bits per heavy atom. The molecule has 156 valence electrons. The standard InChI is InChI=1S/C21H27N3O4S/c1-2-3-13-27-20(26)16-9-11-17(12-10-16)22-18(25)14-29-21-24-23-19(28-21)15-7-5-4-6-8-15/h9-12,15H,2-8,13-14H2,1H3,(H,22,25). The summed E-state index contributed by atoms with van der Waals surface area (Å²) in [6.45, 7) is 2.46. The van der Waals surface area contributed by atoms with E-state index >= 15 is 0 Å². The maximum atomic E-state index is 12.2. The van der Waals surface area contributed by atoms with Gasteiger partial charge in [0.2, 0.25) is 11.8 Å². The van der Waals surface area contributed by atoms with Gasteiger partial charge in [0.05, 0.1) is 17.9 Å². The summed E-state index contributed by atoms with van der Waals surface area (Å²) in [6, 6.07) is 6.66. The maximum Gasteiger partial charge on any atom is 0.338 e. The Balaban J connectivity index is 1.43. The summed E-state index contributed by atoms with van der Waals surface area (Å²) in [6.07, 6.45) is 7.68. The summed E-state index contributed by atoms with van der Waals surface area (Å²) >= 11 is 1.23. The molecule has 1 N–H and O–H groups in total. The number of carbonyl (C=O) groups excluding carboxylic acids is 2. The van der Waals surface area contributed by atoms with Crippen LogP contribution in [0.3, 0.4) is 0 Å². The SMILES string of the molecule is CCCCOC(=O)c1ccc(NC(=O)CSc2nnc(C3CCCCC3)o2)cc1. The van der Waals surface area contributed by atoms with E-state index in [4.69, 9.17) is 9.15 Å². The van der Waals surface area contributed by atoms with Crippen molar-refractivity contribution in [2.45, 2.75) is 63.0 Å². The van der Waals surface area contributed by atoms with Crippen LogP contribution in [0.2, 0.25) is 0 Å². The number of aromatic nitrogens is 2. The van der Waals surface area contributed by atoms with E-state index < -0.39 is 0 Å². The highest BCUT2D eigenvalue weighted by Gasteiger charge is 2.21. The van der Waals surface area contributed by atoms with Crippen molar-refractivity contribution in [2.24, 2.45) is 0 Å². The van der Waals surface area contributed by atoms with Crippen LogP contribution in [-0.4, -0.2) is 34.4 Å². The number of benzene rings is 1. The van der Waals surface area contributed by atoms with Gasteiger partial charge in [0.1, 0.15) is 0 Å². The molecule has 0 bridgehead atoms. The van der Waals surface area contributed by atoms with Crippen molar-refractivity contribution in [3.63, 3.8) is 0 Å². The Morgan fingerprint density at radius 1 is 1.17 bits per heavy atom. The smallest absolute Gasteiger partial charge is 0.338 e. The third-order valence-corrected chi connectivity index (χ3v) is 5.66. The van der Waals surface area contributed by atoms with E-state index in [1.54, 1.807) is 24.3 Å². The van der Waals surface area contributed by atoms with Gasteiger partial charge in [-0.15, -0.1) is 10.2 Å². The van der Waals surface area contributed by atoms with Crippen LogP contribution < -0.4 is 5.32 Å². The lowest BCUT2D eigenvalue weighted by Gasteiger charge is -2.17. The van der Waals surface area contributed by atoms with Crippen molar-refractivity contribution in [3.8, 4) is 0 Å². The summed E-state index contributed by atoms with van der Waals surface area (Å²) in [5.74, 6) is 0.691. The first-order valence-electron chi connectivity index (χ1n) is 10.2. The minimum absolute atomic E-state index is 0.174. The summed E-state index contributed by atoms with van der Waals surface area (Å²) in [7, 11) is 0. The van der Waals surface area contributed by atoms with Crippen LogP contribution in [0.15, 0.2) is 33.9 Å². The molecular formula is C21H27N3O4S. The van der Waals surface area contributed by atoms with Crippen molar-refractivity contribution in [3.05, 3.63) is 35.7 Å². The molecule has 0 saturated heterocycles. The first-order valence-corrected chi connectivity index (χ1v) is 11.2. The average molecular weight is 418 g/mol. The Morgan fingerprint density at radius 2 is 1.93 bits per heavy atom. The van der Waals surface area contributed by atoms with E-state index in [2.05, 4.69) is 15.5 Å². The van der Waals surface area contributed by atoms with Gasteiger partial charge in [0.25, 0.3) is 5.22 Å². The molecule has 0 unspecified atom stereocenters. The first-order chi connectivity index (χ1) is 14.2. The van der Waals surface area contributed by atoms with Gasteiger partial charge in [-0.1, -0.05) is 44.4 Å². The number of hydrogen-bond donors (Lipinski definition) is 1. The molecule has 0 spiro atoms. The highest BCUT2D eigenvalue weighted by molar-refractivity contribution is 7.99. The molecule has 0 aliphatic heterocycles. The third-order valence-electron chi connectivity index (χ3n) is 4.84. The predicted octanol–water partition coefficient (Wildman–Crippen LogP) is 4.81. The van der Waals surface area contributed by atoms with Crippen LogP contribution in [0.1, 0.15) is 74.0 Å². The van der Waals surface area contributed by atoms with Gasteiger partial charge < -0.3 is 14.5 Å². The predicted molar refractivity (Wildman–Crippen MR) is 111 cm³/mol. The number of rotatable bonds is 9.